The van der Waals surface area contributed by atoms with E-state index in [1.54, 1.807) is 6.07 Å². The van der Waals surface area contributed by atoms with Crippen LogP contribution in [0, 0.1) is 18.3 Å². The van der Waals surface area contributed by atoms with E-state index in [1.165, 1.54) is 23.1 Å². The van der Waals surface area contributed by atoms with Gasteiger partial charge in [-0.05, 0) is 38.3 Å². The summed E-state index contributed by atoms with van der Waals surface area (Å²) in [7, 11) is 0. The fourth-order valence-corrected chi connectivity index (χ4v) is 3.75. The van der Waals surface area contributed by atoms with Crippen molar-refractivity contribution >= 4 is 34.1 Å². The van der Waals surface area contributed by atoms with E-state index in [0.29, 0.717) is 22.1 Å². The van der Waals surface area contributed by atoms with E-state index in [2.05, 4.69) is 33.5 Å². The van der Waals surface area contributed by atoms with Gasteiger partial charge in [-0.3, -0.25) is 10.1 Å². The van der Waals surface area contributed by atoms with Crippen LogP contribution in [0.4, 0.5) is 5.13 Å². The molecule has 2 rings (SSSR count). The molecule has 2 heterocycles. The number of hydrogen-bond acceptors (Lipinski definition) is 7. The second-order valence-corrected chi connectivity index (χ2v) is 7.87. The molecule has 0 saturated heterocycles. The van der Waals surface area contributed by atoms with Gasteiger partial charge >= 0.3 is 0 Å². The predicted molar refractivity (Wildman–Crippen MR) is 101 cm³/mol. The number of nitrogens with one attached hydrogen (secondary N) is 1. The van der Waals surface area contributed by atoms with Crippen molar-refractivity contribution in [2.24, 2.45) is 0 Å². The Morgan fingerprint density at radius 2 is 2.20 bits per heavy atom. The number of anilines is 1. The van der Waals surface area contributed by atoms with Gasteiger partial charge in [-0.2, -0.15) is 5.26 Å². The minimum absolute atomic E-state index is 0.145. The quantitative estimate of drug-likeness (QED) is 0.702. The van der Waals surface area contributed by atoms with Crippen LogP contribution >= 0.6 is 23.1 Å². The molecule has 25 heavy (non-hydrogen) atoms. The van der Waals surface area contributed by atoms with Crippen LogP contribution < -0.4 is 5.32 Å². The third-order valence-electron chi connectivity index (χ3n) is 3.50. The number of amides is 1. The maximum Gasteiger partial charge on any atom is 0.239 e. The predicted octanol–water partition coefficient (Wildman–Crippen LogP) is 3.97. The molecule has 0 aliphatic heterocycles. The summed E-state index contributed by atoms with van der Waals surface area (Å²) < 4.78 is 0. The summed E-state index contributed by atoms with van der Waals surface area (Å²) in [5, 5.41) is 21.5. The maximum atomic E-state index is 12.5. The van der Waals surface area contributed by atoms with Crippen LogP contribution in [0.3, 0.4) is 0 Å². The average molecular weight is 376 g/mol. The molecule has 0 aliphatic rings. The molecule has 0 saturated carbocycles. The number of carbonyl (C=O) groups excluding carboxylic acids is 1. The lowest BCUT2D eigenvalue weighted by Crippen LogP contribution is -2.24. The van der Waals surface area contributed by atoms with Crippen molar-refractivity contribution < 1.29 is 4.79 Å². The second kappa shape index (κ2) is 9.49. The molecule has 0 bridgehead atoms. The minimum Gasteiger partial charge on any atom is -0.300 e. The van der Waals surface area contributed by atoms with E-state index in [9.17, 15) is 10.1 Å². The zero-order chi connectivity index (χ0) is 18.2. The number of aromatic nitrogens is 3. The molecule has 0 radical (unpaired) electrons. The first-order valence-corrected chi connectivity index (χ1v) is 9.94. The summed E-state index contributed by atoms with van der Waals surface area (Å²) in [6.45, 7) is 5.91. The van der Waals surface area contributed by atoms with E-state index in [-0.39, 0.29) is 11.2 Å². The summed E-state index contributed by atoms with van der Waals surface area (Å²) >= 11 is 2.67. The van der Waals surface area contributed by atoms with Crippen LogP contribution in [0.2, 0.25) is 0 Å². The van der Waals surface area contributed by atoms with Crippen LogP contribution in [0.15, 0.2) is 17.2 Å². The number of carbonyl (C=O) groups is 1. The molecule has 8 heteroatoms. The van der Waals surface area contributed by atoms with E-state index >= 15 is 0 Å². The molecule has 1 N–H and O–H groups in total. The molecule has 0 aromatic carbocycles. The van der Waals surface area contributed by atoms with Gasteiger partial charge in [-0.25, -0.2) is 4.98 Å². The lowest BCUT2D eigenvalue weighted by molar-refractivity contribution is -0.115. The van der Waals surface area contributed by atoms with E-state index < -0.39 is 0 Å². The highest BCUT2D eigenvalue weighted by Crippen LogP contribution is 2.28. The summed E-state index contributed by atoms with van der Waals surface area (Å²) in [6.07, 6.45) is 3.64. The van der Waals surface area contributed by atoms with Crippen molar-refractivity contribution in [2.45, 2.75) is 56.7 Å². The Morgan fingerprint density at radius 3 is 2.80 bits per heavy atom. The van der Waals surface area contributed by atoms with Gasteiger partial charge in [0.25, 0.3) is 0 Å². The number of hydrogen-bond donors (Lipinski definition) is 1. The molecule has 2 aromatic rings. The number of nitrogens with zero attached hydrogens (tertiary/aromatic N) is 4. The Bertz CT molecular complexity index is 769. The molecule has 1 unspecified atom stereocenters. The van der Waals surface area contributed by atoms with Gasteiger partial charge in [0.05, 0.1) is 10.8 Å². The van der Waals surface area contributed by atoms with Crippen LogP contribution in [-0.2, 0) is 11.2 Å². The number of unbranched alkanes of at least 4 members (excludes halogenated alkanes) is 1. The monoisotopic (exact) mass is 375 g/mol. The fraction of sp³-hybridized carbons (Fsp3) is 0.471. The molecule has 0 fully saturated rings. The minimum atomic E-state index is -0.342. The molecule has 1 amide bonds. The molecule has 6 nitrogen and oxygen atoms in total. The second-order valence-electron chi connectivity index (χ2n) is 5.50. The number of nitriles is 1. The molecule has 132 valence electrons. The van der Waals surface area contributed by atoms with E-state index in [4.69, 9.17) is 0 Å². The zero-order valence-electron chi connectivity index (χ0n) is 14.6. The largest absolute Gasteiger partial charge is 0.300 e. The van der Waals surface area contributed by atoms with Crippen molar-refractivity contribution in [1.29, 1.82) is 5.26 Å². The third kappa shape index (κ3) is 5.51. The van der Waals surface area contributed by atoms with Gasteiger partial charge in [-0.15, -0.1) is 10.2 Å². The van der Waals surface area contributed by atoms with Gasteiger partial charge in [0, 0.05) is 5.69 Å². The van der Waals surface area contributed by atoms with Gasteiger partial charge in [-0.1, -0.05) is 43.4 Å². The topological polar surface area (TPSA) is 91.6 Å². The van der Waals surface area contributed by atoms with Gasteiger partial charge in [0.1, 0.15) is 16.1 Å². The first-order valence-electron chi connectivity index (χ1n) is 8.25. The first-order chi connectivity index (χ1) is 12.1. The highest BCUT2D eigenvalue weighted by molar-refractivity contribution is 8.00. The lowest BCUT2D eigenvalue weighted by Gasteiger charge is -2.14. The van der Waals surface area contributed by atoms with Crippen molar-refractivity contribution in [3.05, 3.63) is 28.4 Å². The number of pyridine rings is 1. The summed E-state index contributed by atoms with van der Waals surface area (Å²) in [4.78, 5) is 17.1. The SMILES string of the molecule is CCCCc1ccc(C#N)c(SC(CC)C(=O)Nc2nnc(C)s2)n1. The Morgan fingerprint density at radius 1 is 1.40 bits per heavy atom. The summed E-state index contributed by atoms with van der Waals surface area (Å²) in [6, 6.07) is 5.85. The number of aryl methyl sites for hydroxylation is 2. The van der Waals surface area contributed by atoms with E-state index in [1.807, 2.05) is 19.9 Å². The lowest BCUT2D eigenvalue weighted by atomic mass is 10.2. The first kappa shape index (κ1) is 19.3. The zero-order valence-corrected chi connectivity index (χ0v) is 16.2. The molecular weight excluding hydrogens is 354 g/mol. The highest BCUT2D eigenvalue weighted by atomic mass is 32.2. The Labute approximate surface area is 156 Å². The van der Waals surface area contributed by atoms with Crippen molar-refractivity contribution in [1.82, 2.24) is 15.2 Å². The molecular formula is C17H21N5OS2. The van der Waals surface area contributed by atoms with Crippen molar-refractivity contribution in [3.8, 4) is 6.07 Å². The van der Waals surface area contributed by atoms with Gasteiger partial charge < -0.3 is 0 Å². The Kier molecular flexibility index (Phi) is 7.34. The molecule has 2 aromatic heterocycles. The van der Waals surface area contributed by atoms with Crippen molar-refractivity contribution in [3.63, 3.8) is 0 Å². The number of rotatable bonds is 8. The highest BCUT2D eigenvalue weighted by Gasteiger charge is 2.22. The smallest absolute Gasteiger partial charge is 0.239 e. The Balaban J connectivity index is 2.13. The molecule has 1 atom stereocenters. The molecule has 0 spiro atoms. The fourth-order valence-electron chi connectivity index (χ4n) is 2.14. The van der Waals surface area contributed by atoms with Crippen LogP contribution in [0.25, 0.3) is 0 Å². The average Bonchev–Trinajstić information content (AvgIpc) is 3.02. The van der Waals surface area contributed by atoms with E-state index in [0.717, 1.165) is 30.0 Å². The summed E-state index contributed by atoms with van der Waals surface area (Å²) in [5.41, 5.74) is 1.46. The third-order valence-corrected chi connectivity index (χ3v) is 5.62. The van der Waals surface area contributed by atoms with Crippen LogP contribution in [0.5, 0.6) is 0 Å². The van der Waals surface area contributed by atoms with Gasteiger partial charge in [0.15, 0.2) is 0 Å². The standard InChI is InChI=1S/C17H21N5OS2/c1-4-6-7-13-9-8-12(10-18)16(19-13)25-14(5-2)15(23)20-17-22-21-11(3)24-17/h8-9,14H,4-7H2,1-3H3,(H,20,22,23). The molecule has 0 aliphatic carbocycles. The van der Waals surface area contributed by atoms with Crippen LogP contribution in [-0.4, -0.2) is 26.3 Å². The van der Waals surface area contributed by atoms with Crippen molar-refractivity contribution in [2.75, 3.05) is 5.32 Å². The number of thioether (sulfide) groups is 1. The van der Waals surface area contributed by atoms with Crippen LogP contribution in [0.1, 0.15) is 49.4 Å². The normalized spacial score (nSPS) is 11.8. The maximum absolute atomic E-state index is 12.5. The van der Waals surface area contributed by atoms with Gasteiger partial charge in [0.2, 0.25) is 11.0 Å². The summed E-state index contributed by atoms with van der Waals surface area (Å²) in [5.74, 6) is -0.145. The Hall–Kier alpha value is -1.98.